The Kier molecular flexibility index (Phi) is 3.68. The van der Waals surface area contributed by atoms with Gasteiger partial charge in [-0.25, -0.2) is 9.97 Å². The summed E-state index contributed by atoms with van der Waals surface area (Å²) in [6.07, 6.45) is 1.97. The van der Waals surface area contributed by atoms with Crippen molar-refractivity contribution in [3.63, 3.8) is 0 Å². The van der Waals surface area contributed by atoms with E-state index in [-0.39, 0.29) is 17.3 Å². The Hall–Kier alpha value is -2.22. The van der Waals surface area contributed by atoms with Crippen LogP contribution in [0.5, 0.6) is 0 Å². The van der Waals surface area contributed by atoms with Gasteiger partial charge in [0.1, 0.15) is 6.33 Å². The molecule has 2 rings (SSSR count). The van der Waals surface area contributed by atoms with Crippen molar-refractivity contribution in [2.24, 2.45) is 0 Å². The monoisotopic (exact) mass is 265 g/mol. The third-order valence-corrected chi connectivity index (χ3v) is 3.05. The number of nitrogens with zero attached hydrogens (tertiary/aromatic N) is 3. The zero-order valence-corrected chi connectivity index (χ0v) is 10.2. The number of rotatable bonds is 5. The van der Waals surface area contributed by atoms with Crippen LogP contribution in [0.15, 0.2) is 23.2 Å². The molecule has 2 aromatic rings. The summed E-state index contributed by atoms with van der Waals surface area (Å²) < 4.78 is 0. The highest BCUT2D eigenvalue weighted by Crippen LogP contribution is 2.26. The molecule has 94 valence electrons. The number of thiophene rings is 1. The van der Waals surface area contributed by atoms with Crippen LogP contribution in [0.25, 0.3) is 0 Å². The summed E-state index contributed by atoms with van der Waals surface area (Å²) in [6.45, 7) is 0.550. The third kappa shape index (κ3) is 2.72. The molecule has 0 aromatic carbocycles. The fourth-order valence-corrected chi connectivity index (χ4v) is 2.17. The molecule has 8 heteroatoms. The van der Waals surface area contributed by atoms with Crippen LogP contribution in [0.1, 0.15) is 5.56 Å². The molecule has 0 spiro atoms. The first-order valence-electron chi connectivity index (χ1n) is 5.18. The summed E-state index contributed by atoms with van der Waals surface area (Å²) in [5.74, 6) is 0.0239. The van der Waals surface area contributed by atoms with Crippen LogP contribution in [-0.4, -0.2) is 21.4 Å². The second-order valence-corrected chi connectivity index (χ2v) is 4.30. The Balaban J connectivity index is 2.05. The minimum absolute atomic E-state index is 0.131. The number of nitrogens with one attached hydrogen (secondary N) is 1. The number of hydrogen-bond donors (Lipinski definition) is 2. The summed E-state index contributed by atoms with van der Waals surface area (Å²) in [4.78, 5) is 17.7. The van der Waals surface area contributed by atoms with Gasteiger partial charge in [0.25, 0.3) is 0 Å². The Labute approximate surface area is 107 Å². The second-order valence-electron chi connectivity index (χ2n) is 3.52. The number of nitro groups is 1. The maximum atomic E-state index is 10.8. The van der Waals surface area contributed by atoms with E-state index in [9.17, 15) is 10.1 Å². The van der Waals surface area contributed by atoms with Gasteiger partial charge in [0.2, 0.25) is 11.6 Å². The van der Waals surface area contributed by atoms with E-state index < -0.39 is 4.92 Å². The highest BCUT2D eigenvalue weighted by Gasteiger charge is 2.20. The highest BCUT2D eigenvalue weighted by molar-refractivity contribution is 7.07. The summed E-state index contributed by atoms with van der Waals surface area (Å²) >= 11 is 1.61. The Morgan fingerprint density at radius 2 is 2.33 bits per heavy atom. The largest absolute Gasteiger partial charge is 0.378 e. The van der Waals surface area contributed by atoms with Crippen molar-refractivity contribution in [3.05, 3.63) is 38.8 Å². The molecule has 0 saturated carbocycles. The topological polar surface area (TPSA) is 107 Å². The van der Waals surface area contributed by atoms with Gasteiger partial charge < -0.3 is 11.1 Å². The lowest BCUT2D eigenvalue weighted by Crippen LogP contribution is -2.10. The van der Waals surface area contributed by atoms with Crippen LogP contribution in [-0.2, 0) is 6.42 Å². The summed E-state index contributed by atoms with van der Waals surface area (Å²) in [6, 6.07) is 2.01. The molecule has 0 unspecified atom stereocenters. The predicted octanol–water partition coefficient (Wildman–Crippen LogP) is 1.68. The molecule has 0 radical (unpaired) electrons. The number of aromatic nitrogens is 2. The van der Waals surface area contributed by atoms with Crippen LogP contribution < -0.4 is 11.1 Å². The van der Waals surface area contributed by atoms with E-state index in [1.807, 2.05) is 16.8 Å². The van der Waals surface area contributed by atoms with E-state index in [2.05, 4.69) is 15.3 Å². The molecule has 0 saturated heterocycles. The molecule has 18 heavy (non-hydrogen) atoms. The van der Waals surface area contributed by atoms with E-state index in [0.717, 1.165) is 6.42 Å². The van der Waals surface area contributed by atoms with Crippen LogP contribution in [0.3, 0.4) is 0 Å². The summed E-state index contributed by atoms with van der Waals surface area (Å²) in [7, 11) is 0. The summed E-state index contributed by atoms with van der Waals surface area (Å²) in [5.41, 5.74) is 6.36. The Morgan fingerprint density at radius 1 is 1.50 bits per heavy atom. The van der Waals surface area contributed by atoms with Gasteiger partial charge in [-0.05, 0) is 28.8 Å². The molecule has 0 amide bonds. The molecule has 7 nitrogen and oxygen atoms in total. The fourth-order valence-electron chi connectivity index (χ4n) is 1.46. The van der Waals surface area contributed by atoms with Gasteiger partial charge in [0, 0.05) is 6.54 Å². The zero-order valence-electron chi connectivity index (χ0n) is 9.37. The maximum absolute atomic E-state index is 10.8. The fraction of sp³-hybridized carbons (Fsp3) is 0.200. The Morgan fingerprint density at radius 3 is 3.00 bits per heavy atom. The molecule has 2 aromatic heterocycles. The van der Waals surface area contributed by atoms with Crippen molar-refractivity contribution < 1.29 is 4.92 Å². The molecule has 0 aliphatic carbocycles. The average molecular weight is 265 g/mol. The SMILES string of the molecule is Nc1ncnc(NCCc2ccsc2)c1[N+](=O)[O-]. The summed E-state index contributed by atoms with van der Waals surface area (Å²) in [5, 5.41) is 17.8. The van der Waals surface area contributed by atoms with Crippen molar-refractivity contribution in [1.29, 1.82) is 0 Å². The lowest BCUT2D eigenvalue weighted by Gasteiger charge is -2.05. The van der Waals surface area contributed by atoms with Crippen LogP contribution in [0.4, 0.5) is 17.3 Å². The third-order valence-electron chi connectivity index (χ3n) is 2.32. The van der Waals surface area contributed by atoms with Crippen LogP contribution in [0, 0.1) is 10.1 Å². The van der Waals surface area contributed by atoms with E-state index >= 15 is 0 Å². The van der Waals surface area contributed by atoms with E-state index in [1.165, 1.54) is 11.9 Å². The number of nitrogens with two attached hydrogens (primary N) is 1. The van der Waals surface area contributed by atoms with E-state index in [1.54, 1.807) is 11.3 Å². The minimum atomic E-state index is -0.581. The molecule has 0 fully saturated rings. The molecule has 0 atom stereocenters. The van der Waals surface area contributed by atoms with Gasteiger partial charge in [-0.15, -0.1) is 0 Å². The number of hydrogen-bond acceptors (Lipinski definition) is 7. The van der Waals surface area contributed by atoms with Crippen molar-refractivity contribution in [1.82, 2.24) is 9.97 Å². The van der Waals surface area contributed by atoms with Crippen molar-refractivity contribution >= 4 is 28.7 Å². The second kappa shape index (κ2) is 5.41. The van der Waals surface area contributed by atoms with Gasteiger partial charge >= 0.3 is 5.69 Å². The van der Waals surface area contributed by atoms with E-state index in [0.29, 0.717) is 6.54 Å². The first-order chi connectivity index (χ1) is 8.68. The predicted molar refractivity (Wildman–Crippen MR) is 69.6 cm³/mol. The molecule has 0 bridgehead atoms. The molecular formula is C10H11N5O2S. The van der Waals surface area contributed by atoms with Gasteiger partial charge in [-0.1, -0.05) is 0 Å². The molecule has 3 N–H and O–H groups in total. The standard InChI is InChI=1S/C10H11N5O2S/c11-9-8(15(16)17)10(14-6-13-9)12-3-1-7-2-4-18-5-7/h2,4-6H,1,3H2,(H3,11,12,13,14). The minimum Gasteiger partial charge on any atom is -0.378 e. The lowest BCUT2D eigenvalue weighted by atomic mass is 10.2. The smallest absolute Gasteiger partial charge is 0.352 e. The van der Waals surface area contributed by atoms with Crippen molar-refractivity contribution in [2.45, 2.75) is 6.42 Å². The van der Waals surface area contributed by atoms with Gasteiger partial charge in [-0.2, -0.15) is 11.3 Å². The van der Waals surface area contributed by atoms with Gasteiger partial charge in [-0.3, -0.25) is 10.1 Å². The van der Waals surface area contributed by atoms with Crippen LogP contribution >= 0.6 is 11.3 Å². The van der Waals surface area contributed by atoms with Gasteiger partial charge in [0.15, 0.2) is 0 Å². The highest BCUT2D eigenvalue weighted by atomic mass is 32.1. The van der Waals surface area contributed by atoms with Crippen LogP contribution in [0.2, 0.25) is 0 Å². The first kappa shape index (κ1) is 12.2. The molecule has 0 aliphatic heterocycles. The van der Waals surface area contributed by atoms with Crippen molar-refractivity contribution in [2.75, 3.05) is 17.6 Å². The normalized spacial score (nSPS) is 10.2. The molecular weight excluding hydrogens is 254 g/mol. The first-order valence-corrected chi connectivity index (χ1v) is 6.12. The van der Waals surface area contributed by atoms with Gasteiger partial charge in [0.05, 0.1) is 4.92 Å². The quantitative estimate of drug-likeness (QED) is 0.629. The number of nitrogen functional groups attached to an aromatic ring is 1. The maximum Gasteiger partial charge on any atom is 0.352 e. The molecule has 2 heterocycles. The average Bonchev–Trinajstić information content (AvgIpc) is 2.81. The Bertz CT molecular complexity index is 543. The lowest BCUT2D eigenvalue weighted by molar-refractivity contribution is -0.383. The van der Waals surface area contributed by atoms with Crippen molar-refractivity contribution in [3.8, 4) is 0 Å². The molecule has 0 aliphatic rings. The zero-order chi connectivity index (χ0) is 13.0. The number of anilines is 2. The van der Waals surface area contributed by atoms with E-state index in [4.69, 9.17) is 5.73 Å².